The van der Waals surface area contributed by atoms with Crippen LogP contribution in [0, 0.1) is 0 Å². The Morgan fingerprint density at radius 3 is 2.43 bits per heavy atom. The Kier molecular flexibility index (Phi) is 4.79. The molecule has 1 heterocycles. The van der Waals surface area contributed by atoms with Crippen LogP contribution < -0.4 is 5.73 Å². The molecule has 2 atom stereocenters. The van der Waals surface area contributed by atoms with Gasteiger partial charge in [0.05, 0.1) is 11.5 Å². The highest BCUT2D eigenvalue weighted by Crippen LogP contribution is 2.44. The lowest BCUT2D eigenvalue weighted by molar-refractivity contribution is -0.137. The number of amides is 1. The van der Waals surface area contributed by atoms with E-state index in [1.54, 1.807) is 13.0 Å². The van der Waals surface area contributed by atoms with E-state index in [1.807, 2.05) is 24.3 Å². The molecule has 1 aliphatic rings. The summed E-state index contributed by atoms with van der Waals surface area (Å²) >= 11 is 0. The summed E-state index contributed by atoms with van der Waals surface area (Å²) in [5.41, 5.74) is 6.11. The van der Waals surface area contributed by atoms with Gasteiger partial charge >= 0.3 is 6.18 Å². The molecule has 2 N–H and O–H groups in total. The molecule has 0 fully saturated rings. The van der Waals surface area contributed by atoms with Crippen molar-refractivity contribution in [3.8, 4) is 0 Å². The number of halogens is 3. The second-order valence-corrected chi connectivity index (χ2v) is 6.90. The van der Waals surface area contributed by atoms with Crippen LogP contribution in [0.2, 0.25) is 0 Å². The van der Waals surface area contributed by atoms with Crippen molar-refractivity contribution in [1.82, 2.24) is 4.90 Å². The molecule has 2 aromatic carbocycles. The number of benzene rings is 2. The molecule has 0 aliphatic carbocycles. The number of nitrogens with two attached hydrogens (primary N) is 1. The lowest BCUT2D eigenvalue weighted by Gasteiger charge is -2.41. The topological polar surface area (TPSA) is 58.7 Å². The van der Waals surface area contributed by atoms with Gasteiger partial charge in [-0.3, -0.25) is 9.69 Å². The molecule has 2 aromatic rings. The van der Waals surface area contributed by atoms with Gasteiger partial charge in [-0.1, -0.05) is 43.0 Å². The van der Waals surface area contributed by atoms with Gasteiger partial charge in [0.25, 0.3) is 0 Å². The van der Waals surface area contributed by atoms with Crippen LogP contribution in [-0.4, -0.2) is 23.8 Å². The third-order valence-corrected chi connectivity index (χ3v) is 5.11. The summed E-state index contributed by atoms with van der Waals surface area (Å²) in [6, 6.07) is 11.9. The van der Waals surface area contributed by atoms with Crippen LogP contribution in [0.5, 0.6) is 0 Å². The molecular weight excluding hydrogens is 367 g/mol. The molecule has 0 bridgehead atoms. The van der Waals surface area contributed by atoms with Crippen molar-refractivity contribution in [1.29, 1.82) is 0 Å². The van der Waals surface area contributed by atoms with Crippen LogP contribution in [0.15, 0.2) is 60.1 Å². The molecule has 0 unspecified atom stereocenters. The fourth-order valence-corrected chi connectivity index (χ4v) is 3.47. The summed E-state index contributed by atoms with van der Waals surface area (Å²) in [6.45, 7) is 5.51. The number of aliphatic imine (C=N–C) groups is 1. The molecule has 0 saturated carbocycles. The minimum absolute atomic E-state index is 0.0552. The first-order valence-corrected chi connectivity index (χ1v) is 8.61. The largest absolute Gasteiger partial charge is 0.416 e. The molecule has 7 heteroatoms. The minimum atomic E-state index is -4.45. The average Bonchev–Trinajstić information content (AvgIpc) is 2.66. The fourth-order valence-electron chi connectivity index (χ4n) is 3.47. The van der Waals surface area contributed by atoms with E-state index in [4.69, 9.17) is 5.73 Å². The standard InChI is InChI=1S/C21H20F3N3O/c1-4-13-6-5-7-16(12-13)20(2)17(18(28)27(3)19(25)26-20)14-8-10-15(11-9-14)21(22,23)24/h4-12,17H,1H2,2-3H3,(H2,25,26)/t17-,20+/m0/s1. The summed E-state index contributed by atoms with van der Waals surface area (Å²) < 4.78 is 38.8. The third kappa shape index (κ3) is 3.28. The van der Waals surface area contributed by atoms with Gasteiger partial charge in [-0.25, -0.2) is 4.99 Å². The Hall–Kier alpha value is -3.09. The lowest BCUT2D eigenvalue weighted by atomic mass is 9.74. The van der Waals surface area contributed by atoms with Gasteiger partial charge in [0.15, 0.2) is 5.96 Å². The number of nitrogens with zero attached hydrogens (tertiary/aromatic N) is 2. The SMILES string of the molecule is C=Cc1cccc([C@@]2(C)N=C(N)N(C)C(=O)[C@@H]2c2ccc(C(F)(F)F)cc2)c1. The number of hydrogen-bond donors (Lipinski definition) is 1. The van der Waals surface area contributed by atoms with E-state index in [9.17, 15) is 18.0 Å². The Balaban J connectivity index is 2.17. The number of carbonyl (C=O) groups excluding carboxylic acids is 1. The van der Waals surface area contributed by atoms with Crippen LogP contribution in [-0.2, 0) is 16.5 Å². The summed E-state index contributed by atoms with van der Waals surface area (Å²) in [7, 11) is 1.50. The summed E-state index contributed by atoms with van der Waals surface area (Å²) in [4.78, 5) is 18.9. The summed E-state index contributed by atoms with van der Waals surface area (Å²) in [5, 5.41) is 0. The highest BCUT2D eigenvalue weighted by atomic mass is 19.4. The van der Waals surface area contributed by atoms with E-state index >= 15 is 0 Å². The number of hydrogen-bond acceptors (Lipinski definition) is 3. The van der Waals surface area contributed by atoms with Gasteiger partial charge in [-0.15, -0.1) is 0 Å². The first kappa shape index (κ1) is 19.7. The van der Waals surface area contributed by atoms with Gasteiger partial charge in [-0.05, 0) is 41.8 Å². The molecule has 0 radical (unpaired) electrons. The van der Waals surface area contributed by atoms with Crippen molar-refractivity contribution in [3.05, 3.63) is 77.4 Å². The lowest BCUT2D eigenvalue weighted by Crippen LogP contribution is -2.52. The van der Waals surface area contributed by atoms with Gasteiger partial charge in [0.2, 0.25) is 5.91 Å². The van der Waals surface area contributed by atoms with E-state index < -0.39 is 23.2 Å². The smallest absolute Gasteiger partial charge is 0.369 e. The number of alkyl halides is 3. The van der Waals surface area contributed by atoms with Crippen molar-refractivity contribution in [3.63, 3.8) is 0 Å². The summed E-state index contributed by atoms with van der Waals surface area (Å²) in [5.74, 6) is -1.11. The highest BCUT2D eigenvalue weighted by molar-refractivity contribution is 6.02. The van der Waals surface area contributed by atoms with Crippen molar-refractivity contribution >= 4 is 17.9 Å². The van der Waals surface area contributed by atoms with E-state index in [1.165, 1.54) is 24.1 Å². The molecule has 146 valence electrons. The van der Waals surface area contributed by atoms with Crippen LogP contribution in [0.3, 0.4) is 0 Å². The predicted molar refractivity (Wildman–Crippen MR) is 102 cm³/mol. The van der Waals surface area contributed by atoms with Crippen LogP contribution >= 0.6 is 0 Å². The number of rotatable bonds is 3. The Morgan fingerprint density at radius 1 is 1.21 bits per heavy atom. The number of carbonyl (C=O) groups is 1. The maximum atomic E-state index is 13.1. The highest BCUT2D eigenvalue weighted by Gasteiger charge is 2.47. The molecule has 1 amide bonds. The molecule has 0 saturated heterocycles. The first-order chi connectivity index (χ1) is 13.1. The first-order valence-electron chi connectivity index (χ1n) is 8.61. The normalized spacial score (nSPS) is 22.8. The van der Waals surface area contributed by atoms with Crippen LogP contribution in [0.4, 0.5) is 13.2 Å². The van der Waals surface area contributed by atoms with Crippen LogP contribution in [0.1, 0.15) is 35.1 Å². The van der Waals surface area contributed by atoms with E-state index in [-0.39, 0.29) is 11.9 Å². The quantitative estimate of drug-likeness (QED) is 0.861. The molecule has 28 heavy (non-hydrogen) atoms. The van der Waals surface area contributed by atoms with Crippen molar-refractivity contribution in [2.75, 3.05) is 7.05 Å². The van der Waals surface area contributed by atoms with Gasteiger partial charge < -0.3 is 5.73 Å². The molecule has 1 aliphatic heterocycles. The van der Waals surface area contributed by atoms with E-state index in [0.717, 1.165) is 23.3 Å². The minimum Gasteiger partial charge on any atom is -0.369 e. The number of likely N-dealkylation sites (N-methyl/N-ethyl adjacent to an activating group) is 1. The van der Waals surface area contributed by atoms with Gasteiger partial charge in [0.1, 0.15) is 5.54 Å². The van der Waals surface area contributed by atoms with Crippen LogP contribution in [0.25, 0.3) is 6.08 Å². The van der Waals surface area contributed by atoms with E-state index in [2.05, 4.69) is 11.6 Å². The Bertz CT molecular complexity index is 950. The van der Waals surface area contributed by atoms with Crippen molar-refractivity contribution in [2.24, 2.45) is 10.7 Å². The zero-order valence-electron chi connectivity index (χ0n) is 15.5. The predicted octanol–water partition coefficient (Wildman–Crippen LogP) is 4.13. The second-order valence-electron chi connectivity index (χ2n) is 6.90. The zero-order chi connectivity index (χ0) is 20.7. The Labute approximate surface area is 161 Å². The van der Waals surface area contributed by atoms with E-state index in [0.29, 0.717) is 5.56 Å². The zero-order valence-corrected chi connectivity index (χ0v) is 15.5. The maximum absolute atomic E-state index is 13.1. The molecule has 0 spiro atoms. The Morgan fingerprint density at radius 2 is 1.86 bits per heavy atom. The average molecular weight is 387 g/mol. The third-order valence-electron chi connectivity index (χ3n) is 5.11. The molecular formula is C21H20F3N3O. The molecule has 3 rings (SSSR count). The fraction of sp³-hybridized carbons (Fsp3) is 0.238. The maximum Gasteiger partial charge on any atom is 0.416 e. The second kappa shape index (κ2) is 6.82. The number of guanidine groups is 1. The molecule has 4 nitrogen and oxygen atoms in total. The van der Waals surface area contributed by atoms with Gasteiger partial charge in [-0.2, -0.15) is 13.2 Å². The summed E-state index contributed by atoms with van der Waals surface area (Å²) in [6.07, 6.45) is -2.78. The van der Waals surface area contributed by atoms with Crippen molar-refractivity contribution in [2.45, 2.75) is 24.6 Å². The van der Waals surface area contributed by atoms with Gasteiger partial charge in [0, 0.05) is 7.05 Å². The molecule has 0 aromatic heterocycles. The monoisotopic (exact) mass is 387 g/mol. The van der Waals surface area contributed by atoms with Crippen molar-refractivity contribution < 1.29 is 18.0 Å².